The number of hydrogen-bond acceptors (Lipinski definition) is 4. The summed E-state index contributed by atoms with van der Waals surface area (Å²) in [4.78, 5) is 27.0. The van der Waals surface area contributed by atoms with E-state index in [0.717, 1.165) is 45.1 Å². The molecule has 5 heteroatoms. The summed E-state index contributed by atoms with van der Waals surface area (Å²) in [5.41, 5.74) is -0.477. The summed E-state index contributed by atoms with van der Waals surface area (Å²) in [6.45, 7) is 11.4. The first kappa shape index (κ1) is 22.0. The summed E-state index contributed by atoms with van der Waals surface area (Å²) in [6, 6.07) is 0. The highest BCUT2D eigenvalue weighted by Crippen LogP contribution is 2.30. The number of carbonyl (C=O) groups is 2. The lowest BCUT2D eigenvalue weighted by Crippen LogP contribution is -2.43. The minimum atomic E-state index is -0.477. The van der Waals surface area contributed by atoms with Crippen molar-refractivity contribution in [1.82, 2.24) is 4.90 Å². The summed E-state index contributed by atoms with van der Waals surface area (Å²) in [6.07, 6.45) is 7.93. The van der Waals surface area contributed by atoms with Crippen molar-refractivity contribution in [2.75, 3.05) is 13.1 Å². The molecule has 0 radical (unpaired) electrons. The number of ether oxygens (including phenoxy) is 2. The molecule has 2 rings (SSSR count). The number of likely N-dealkylation sites (tertiary alicyclic amines) is 1. The Bertz CT molecular complexity index is 491. The first-order chi connectivity index (χ1) is 12.6. The number of rotatable bonds is 6. The van der Waals surface area contributed by atoms with E-state index in [0.29, 0.717) is 18.4 Å². The molecule has 2 atom stereocenters. The summed E-state index contributed by atoms with van der Waals surface area (Å²) in [5, 5.41) is 0. The number of hydrogen-bond donors (Lipinski definition) is 0. The van der Waals surface area contributed by atoms with Gasteiger partial charge in [-0.15, -0.1) is 0 Å². The van der Waals surface area contributed by atoms with Crippen LogP contribution in [0.4, 0.5) is 4.79 Å². The van der Waals surface area contributed by atoms with Gasteiger partial charge in [-0.05, 0) is 84.0 Å². The highest BCUT2D eigenvalue weighted by atomic mass is 16.6. The van der Waals surface area contributed by atoms with Crippen molar-refractivity contribution in [2.45, 2.75) is 97.7 Å². The van der Waals surface area contributed by atoms with E-state index in [1.54, 1.807) is 0 Å². The first-order valence-corrected chi connectivity index (χ1v) is 10.8. The molecule has 1 heterocycles. The Morgan fingerprint density at radius 3 is 2.33 bits per heavy atom. The fourth-order valence-electron chi connectivity index (χ4n) is 4.28. The van der Waals surface area contributed by atoms with Crippen LogP contribution in [-0.4, -0.2) is 41.8 Å². The average Bonchev–Trinajstić information content (AvgIpc) is 3.05. The van der Waals surface area contributed by atoms with Crippen molar-refractivity contribution < 1.29 is 19.1 Å². The lowest BCUT2D eigenvalue weighted by atomic mass is 9.84. The number of piperidine rings is 1. The van der Waals surface area contributed by atoms with Crippen LogP contribution in [0.15, 0.2) is 0 Å². The second-order valence-electron chi connectivity index (χ2n) is 9.84. The molecule has 1 saturated heterocycles. The van der Waals surface area contributed by atoms with Gasteiger partial charge < -0.3 is 14.4 Å². The zero-order valence-electron chi connectivity index (χ0n) is 18.0. The van der Waals surface area contributed by atoms with E-state index >= 15 is 0 Å². The monoisotopic (exact) mass is 381 g/mol. The molecular formula is C22H39NO4. The number of carbonyl (C=O) groups excluding carboxylic acids is 2. The molecule has 1 saturated carbocycles. The molecule has 0 spiro atoms. The molecule has 5 nitrogen and oxygen atoms in total. The molecule has 0 aromatic rings. The molecule has 2 aliphatic rings. The van der Waals surface area contributed by atoms with E-state index in [1.165, 1.54) is 12.8 Å². The van der Waals surface area contributed by atoms with Crippen LogP contribution in [-0.2, 0) is 14.3 Å². The van der Waals surface area contributed by atoms with Gasteiger partial charge in [-0.3, -0.25) is 4.79 Å². The average molecular weight is 382 g/mol. The van der Waals surface area contributed by atoms with Crippen LogP contribution in [0.5, 0.6) is 0 Å². The zero-order chi connectivity index (χ0) is 20.0. The molecule has 1 aliphatic heterocycles. The molecule has 0 bridgehead atoms. The van der Waals surface area contributed by atoms with E-state index in [-0.39, 0.29) is 24.1 Å². The molecule has 1 aliphatic carbocycles. The maximum Gasteiger partial charge on any atom is 0.410 e. The van der Waals surface area contributed by atoms with Crippen molar-refractivity contribution in [3.05, 3.63) is 0 Å². The fraction of sp³-hybridized carbons (Fsp3) is 0.909. The molecule has 0 aromatic heterocycles. The van der Waals surface area contributed by atoms with Crippen LogP contribution in [0.3, 0.4) is 0 Å². The van der Waals surface area contributed by atoms with Gasteiger partial charge in [-0.1, -0.05) is 13.8 Å². The van der Waals surface area contributed by atoms with Crippen LogP contribution < -0.4 is 0 Å². The Morgan fingerprint density at radius 1 is 1.07 bits per heavy atom. The van der Waals surface area contributed by atoms with Gasteiger partial charge >= 0.3 is 12.1 Å². The van der Waals surface area contributed by atoms with Gasteiger partial charge in [0.15, 0.2) is 0 Å². The second-order valence-corrected chi connectivity index (χ2v) is 9.84. The fourth-order valence-corrected chi connectivity index (χ4v) is 4.28. The number of nitrogens with zero attached hydrogens (tertiary/aromatic N) is 1. The topological polar surface area (TPSA) is 55.8 Å². The van der Waals surface area contributed by atoms with Gasteiger partial charge in [-0.2, -0.15) is 0 Å². The lowest BCUT2D eigenvalue weighted by Gasteiger charge is -2.35. The Hall–Kier alpha value is -1.26. The van der Waals surface area contributed by atoms with Gasteiger partial charge in [-0.25, -0.2) is 4.79 Å². The van der Waals surface area contributed by atoms with E-state index in [9.17, 15) is 9.59 Å². The minimum absolute atomic E-state index is 0.0232. The third-order valence-electron chi connectivity index (χ3n) is 5.46. The third-order valence-corrected chi connectivity index (χ3v) is 5.46. The normalized spacial score (nSPS) is 22.7. The van der Waals surface area contributed by atoms with Crippen molar-refractivity contribution >= 4 is 12.1 Å². The van der Waals surface area contributed by atoms with Crippen molar-refractivity contribution in [3.63, 3.8) is 0 Å². The van der Waals surface area contributed by atoms with Gasteiger partial charge in [0.1, 0.15) is 11.7 Å². The molecule has 2 fully saturated rings. The van der Waals surface area contributed by atoms with Crippen LogP contribution in [0, 0.1) is 17.8 Å². The number of esters is 1. The molecule has 1 amide bonds. The standard InChI is InChI=1S/C22H39NO4/c1-16(2)13-18(20(24)26-19-10-6-7-11-19)14-17-9-8-12-23(15-17)21(25)27-22(3,4)5/h16-19H,6-15H2,1-5H3/t17?,18-/m1/s1. The van der Waals surface area contributed by atoms with Gasteiger partial charge in [0.05, 0.1) is 5.92 Å². The van der Waals surface area contributed by atoms with Crippen LogP contribution >= 0.6 is 0 Å². The largest absolute Gasteiger partial charge is 0.462 e. The van der Waals surface area contributed by atoms with Crippen LogP contribution in [0.1, 0.15) is 86.0 Å². The Kier molecular flexibility index (Phi) is 7.99. The smallest absolute Gasteiger partial charge is 0.410 e. The van der Waals surface area contributed by atoms with Crippen molar-refractivity contribution in [3.8, 4) is 0 Å². The molecule has 0 aromatic carbocycles. The third kappa shape index (κ3) is 7.71. The second kappa shape index (κ2) is 9.79. The Morgan fingerprint density at radius 2 is 1.74 bits per heavy atom. The number of amides is 1. The molecule has 0 N–H and O–H groups in total. The summed E-state index contributed by atoms with van der Waals surface area (Å²) >= 11 is 0. The molecule has 27 heavy (non-hydrogen) atoms. The zero-order valence-corrected chi connectivity index (χ0v) is 18.0. The summed E-state index contributed by atoms with van der Waals surface area (Å²) in [5.74, 6) is 0.710. The highest BCUT2D eigenvalue weighted by Gasteiger charge is 2.32. The van der Waals surface area contributed by atoms with Gasteiger partial charge in [0.2, 0.25) is 0 Å². The lowest BCUT2D eigenvalue weighted by molar-refractivity contribution is -0.155. The van der Waals surface area contributed by atoms with Crippen molar-refractivity contribution in [2.24, 2.45) is 17.8 Å². The predicted molar refractivity (Wildman–Crippen MR) is 106 cm³/mol. The molecule has 1 unspecified atom stereocenters. The highest BCUT2D eigenvalue weighted by molar-refractivity contribution is 5.72. The summed E-state index contributed by atoms with van der Waals surface area (Å²) < 4.78 is 11.3. The van der Waals surface area contributed by atoms with E-state index < -0.39 is 5.60 Å². The van der Waals surface area contributed by atoms with E-state index in [2.05, 4.69) is 13.8 Å². The predicted octanol–water partition coefficient (Wildman–Crippen LogP) is 5.17. The molecule has 156 valence electrons. The van der Waals surface area contributed by atoms with Crippen LogP contribution in [0.25, 0.3) is 0 Å². The summed E-state index contributed by atoms with van der Waals surface area (Å²) in [7, 11) is 0. The SMILES string of the molecule is CC(C)C[C@H](CC1CCCN(C(=O)OC(C)(C)C)C1)C(=O)OC1CCCC1. The molecular weight excluding hydrogens is 342 g/mol. The Balaban J connectivity index is 1.92. The first-order valence-electron chi connectivity index (χ1n) is 10.8. The quantitative estimate of drug-likeness (QED) is 0.596. The van der Waals surface area contributed by atoms with Gasteiger partial charge in [0.25, 0.3) is 0 Å². The van der Waals surface area contributed by atoms with Gasteiger partial charge in [0, 0.05) is 13.1 Å². The minimum Gasteiger partial charge on any atom is -0.462 e. The van der Waals surface area contributed by atoms with E-state index in [4.69, 9.17) is 9.47 Å². The maximum atomic E-state index is 12.8. The van der Waals surface area contributed by atoms with E-state index in [1.807, 2.05) is 25.7 Å². The maximum absolute atomic E-state index is 12.8. The van der Waals surface area contributed by atoms with Crippen LogP contribution in [0.2, 0.25) is 0 Å². The Labute approximate surface area is 165 Å². The van der Waals surface area contributed by atoms with Crippen molar-refractivity contribution in [1.29, 1.82) is 0 Å².